The van der Waals surface area contributed by atoms with E-state index in [0.29, 0.717) is 101 Å². The number of halogens is 1. The molecule has 0 radical (unpaired) electrons. The maximum Gasteiger partial charge on any atom is 0.264 e. The number of Topliss-reactive ketones (excluding diaryl/α,β-unsaturated/α-hetero) is 1. The molecule has 4 amide bonds. The Bertz CT molecular complexity index is 2470. The monoisotopic (exact) mass is 982 g/mol. The van der Waals surface area contributed by atoms with Crippen LogP contribution in [0.2, 0.25) is 0 Å². The molecule has 6 heterocycles. The number of amides is 4. The van der Waals surface area contributed by atoms with Crippen molar-refractivity contribution in [3.63, 3.8) is 0 Å². The highest BCUT2D eigenvalue weighted by molar-refractivity contribution is 6.25. The summed E-state index contributed by atoms with van der Waals surface area (Å²) in [5.41, 5.74) is 2.85. The Labute approximate surface area is 411 Å². The van der Waals surface area contributed by atoms with Crippen LogP contribution < -0.4 is 21.3 Å². The lowest BCUT2D eigenvalue weighted by molar-refractivity contribution is -0.136. The number of benzene rings is 1. The van der Waals surface area contributed by atoms with Gasteiger partial charge in [0.15, 0.2) is 5.78 Å². The van der Waals surface area contributed by atoms with Gasteiger partial charge in [0, 0.05) is 100 Å². The first-order chi connectivity index (χ1) is 34.7. The molecular weight excluding hydrogens is 920 g/mol. The molecule has 71 heavy (non-hydrogen) atoms. The van der Waals surface area contributed by atoms with Gasteiger partial charge in [-0.25, -0.2) is 14.4 Å². The van der Waals surface area contributed by atoms with Crippen molar-refractivity contribution in [1.82, 2.24) is 35.0 Å². The molecule has 4 aliphatic rings. The largest absolute Gasteiger partial charge is 0.382 e. The van der Waals surface area contributed by atoms with E-state index in [-0.39, 0.29) is 49.2 Å². The van der Waals surface area contributed by atoms with Crippen molar-refractivity contribution in [2.24, 2.45) is 0 Å². The van der Waals surface area contributed by atoms with Gasteiger partial charge in [-0.2, -0.15) is 0 Å². The number of carbonyl (C=O) groups is 5. The van der Waals surface area contributed by atoms with Crippen LogP contribution in [0.1, 0.15) is 69.6 Å². The summed E-state index contributed by atoms with van der Waals surface area (Å²) in [7, 11) is 0. The van der Waals surface area contributed by atoms with Crippen LogP contribution in [0.25, 0.3) is 10.9 Å². The van der Waals surface area contributed by atoms with Crippen molar-refractivity contribution in [3.8, 4) is 0 Å². The fourth-order valence-electron chi connectivity index (χ4n) is 8.50. The lowest BCUT2D eigenvalue weighted by Crippen LogP contribution is -2.54. The first-order valence-corrected chi connectivity index (χ1v) is 24.5. The summed E-state index contributed by atoms with van der Waals surface area (Å²) in [5, 5.41) is 12.9. The average Bonchev–Trinajstić information content (AvgIpc) is 4.16. The summed E-state index contributed by atoms with van der Waals surface area (Å²) in [6.07, 6.45) is 6.13. The summed E-state index contributed by atoms with van der Waals surface area (Å²) in [4.78, 5) is 82.3. The lowest BCUT2D eigenvalue weighted by Gasteiger charge is -2.34. The third kappa shape index (κ3) is 14.8. The number of nitrogens with zero attached hydrogens (tertiary/aromatic N) is 6. The number of ether oxygens (including phenoxy) is 5. The highest BCUT2D eigenvalue weighted by atomic mass is 19.1. The van der Waals surface area contributed by atoms with Crippen molar-refractivity contribution in [2.45, 2.75) is 56.8 Å². The Hall–Kier alpha value is -6.07. The van der Waals surface area contributed by atoms with Gasteiger partial charge >= 0.3 is 0 Å². The molecule has 1 saturated carbocycles. The van der Waals surface area contributed by atoms with Crippen LogP contribution in [0, 0.1) is 0 Å². The van der Waals surface area contributed by atoms with Crippen molar-refractivity contribution >= 4 is 63.3 Å². The van der Waals surface area contributed by atoms with Crippen LogP contribution in [-0.4, -0.2) is 189 Å². The molecule has 4 aromatic rings. The Morgan fingerprint density at radius 1 is 0.775 bits per heavy atom. The number of rotatable bonds is 30. The zero-order valence-corrected chi connectivity index (χ0v) is 39.9. The number of hydrogen-bond donors (Lipinski definition) is 4. The molecule has 20 nitrogen and oxygen atoms in total. The van der Waals surface area contributed by atoms with Gasteiger partial charge in [0.2, 0.25) is 11.8 Å². The van der Waals surface area contributed by atoms with Crippen molar-refractivity contribution in [3.05, 3.63) is 77.7 Å². The zero-order chi connectivity index (χ0) is 49.4. The van der Waals surface area contributed by atoms with Gasteiger partial charge in [0.25, 0.3) is 11.8 Å². The van der Waals surface area contributed by atoms with Crippen LogP contribution in [0.3, 0.4) is 0 Å². The molecular formula is C50H63FN10O10. The van der Waals surface area contributed by atoms with Crippen molar-refractivity contribution in [1.29, 1.82) is 0 Å². The standard InChI is InChI=1S/C50H63FN10O10/c51-35(5-9-43(62)38-32-54-45(30-41(38)55-36-6-7-36)57-44-10-4-34-31-52-13-12-39(34)56-44)33-71-23-20-60-17-15-59(16-18-60)19-22-68-25-27-70-29-28-69-26-24-67-21-14-53-40-3-1-2-37-47(40)50(66)61(49(37)65)42-8-11-46(63)58-48(42)64/h1-4,10,12-13,30-32,35-36,42,53H,5-9,11,14-29,33H2,(H,58,63,64)(H2,54,55,56,57). The van der Waals surface area contributed by atoms with Gasteiger partial charge in [-0.1, -0.05) is 6.07 Å². The van der Waals surface area contributed by atoms with Gasteiger partial charge in [0.05, 0.1) is 94.0 Å². The summed E-state index contributed by atoms with van der Waals surface area (Å²) < 4.78 is 43.2. The maximum atomic E-state index is 14.9. The minimum atomic E-state index is -1.24. The molecule has 0 bridgehead atoms. The predicted molar refractivity (Wildman–Crippen MR) is 261 cm³/mol. The van der Waals surface area contributed by atoms with E-state index >= 15 is 0 Å². The molecule has 1 aliphatic carbocycles. The second-order valence-electron chi connectivity index (χ2n) is 17.8. The number of pyridine rings is 3. The average molecular weight is 983 g/mol. The first kappa shape index (κ1) is 51.3. The van der Waals surface area contributed by atoms with E-state index in [2.05, 4.69) is 46.0 Å². The highest BCUT2D eigenvalue weighted by Crippen LogP contribution is 2.33. The number of imide groups is 2. The van der Waals surface area contributed by atoms with Crippen molar-refractivity contribution < 1.29 is 52.0 Å². The molecule has 3 aliphatic heterocycles. The number of ketones is 1. The van der Waals surface area contributed by atoms with Crippen LogP contribution in [0.15, 0.2) is 61.1 Å². The number of piperidine rings is 1. The predicted octanol–water partition coefficient (Wildman–Crippen LogP) is 3.86. The second kappa shape index (κ2) is 25.9. The second-order valence-corrected chi connectivity index (χ2v) is 17.8. The number of fused-ring (bicyclic) bond motifs is 2. The first-order valence-electron chi connectivity index (χ1n) is 24.5. The van der Waals surface area contributed by atoms with Gasteiger partial charge in [-0.15, -0.1) is 0 Å². The molecule has 3 aromatic heterocycles. The van der Waals surface area contributed by atoms with Crippen molar-refractivity contribution in [2.75, 3.05) is 128 Å². The normalized spacial score (nSPS) is 17.9. The van der Waals surface area contributed by atoms with Gasteiger partial charge in [0.1, 0.15) is 23.8 Å². The molecule has 0 spiro atoms. The molecule has 4 N–H and O–H groups in total. The van der Waals surface area contributed by atoms with Crippen LogP contribution in [0.5, 0.6) is 0 Å². The van der Waals surface area contributed by atoms with E-state index in [1.54, 1.807) is 36.8 Å². The zero-order valence-electron chi connectivity index (χ0n) is 39.9. The number of alkyl halides is 1. The number of anilines is 4. The minimum Gasteiger partial charge on any atom is -0.382 e. The van der Waals surface area contributed by atoms with E-state index in [9.17, 15) is 28.4 Å². The third-order valence-electron chi connectivity index (χ3n) is 12.6. The minimum absolute atomic E-state index is 0.0479. The van der Waals surface area contributed by atoms with Crippen LogP contribution in [0.4, 0.5) is 27.4 Å². The molecule has 21 heteroatoms. The number of carbonyl (C=O) groups excluding carboxylic acids is 5. The van der Waals surface area contributed by atoms with Gasteiger partial charge in [-0.3, -0.25) is 49.0 Å². The van der Waals surface area contributed by atoms with Gasteiger partial charge in [-0.05, 0) is 56.0 Å². The highest BCUT2D eigenvalue weighted by Gasteiger charge is 2.45. The quantitative estimate of drug-likeness (QED) is 0.0330. The topological polar surface area (TPSA) is 228 Å². The molecule has 2 atom stereocenters. The molecule has 380 valence electrons. The molecule has 8 rings (SSSR count). The number of hydrogen-bond acceptors (Lipinski definition) is 18. The lowest BCUT2D eigenvalue weighted by atomic mass is 10.0. The molecule has 2 saturated heterocycles. The maximum absolute atomic E-state index is 14.9. The SMILES string of the molecule is O=C1CCC(N2C(=O)c3cccc(NCCOCCOCCOCCOCCN4CCN(CCOCC(F)CCC(=O)c5cnc(Nc6ccc7cnccc7n6)cc5NC5CC5)CC4)c3C2=O)C(=O)N1. The summed E-state index contributed by atoms with van der Waals surface area (Å²) in [5.74, 6) is -1.15. The Balaban J connectivity index is 0.596. The summed E-state index contributed by atoms with van der Waals surface area (Å²) >= 11 is 0. The van der Waals surface area contributed by atoms with E-state index in [4.69, 9.17) is 23.7 Å². The van der Waals surface area contributed by atoms with E-state index < -0.39 is 35.8 Å². The fourth-order valence-corrected chi connectivity index (χ4v) is 8.50. The van der Waals surface area contributed by atoms with Gasteiger partial charge < -0.3 is 39.6 Å². The van der Waals surface area contributed by atoms with E-state index in [1.165, 1.54) is 0 Å². The van der Waals surface area contributed by atoms with E-state index in [0.717, 1.165) is 67.9 Å². The number of piperazine rings is 1. The Kier molecular flexibility index (Phi) is 18.7. The number of aromatic nitrogens is 3. The van der Waals surface area contributed by atoms with Crippen LogP contribution in [-0.2, 0) is 33.3 Å². The molecule has 3 fully saturated rings. The molecule has 2 unspecified atom stereocenters. The smallest absolute Gasteiger partial charge is 0.264 e. The number of nitrogens with one attached hydrogen (secondary N) is 4. The fraction of sp³-hybridized carbons (Fsp3) is 0.520. The summed E-state index contributed by atoms with van der Waals surface area (Å²) in [6.45, 7) is 9.42. The summed E-state index contributed by atoms with van der Waals surface area (Å²) in [6, 6.07) is 11.7. The Morgan fingerprint density at radius 3 is 2.20 bits per heavy atom. The third-order valence-corrected chi connectivity index (χ3v) is 12.6. The Morgan fingerprint density at radius 2 is 1.48 bits per heavy atom. The van der Waals surface area contributed by atoms with Crippen LogP contribution >= 0.6 is 0 Å². The van der Waals surface area contributed by atoms with E-state index in [1.807, 2.05) is 24.3 Å². The molecule has 1 aromatic carbocycles.